The fraction of sp³-hybridized carbons (Fsp3) is 0.182. The lowest BCUT2D eigenvalue weighted by Gasteiger charge is -2.20. The molecule has 31 heavy (non-hydrogen) atoms. The van der Waals surface area contributed by atoms with Gasteiger partial charge >= 0.3 is 5.97 Å². The smallest absolute Gasteiger partial charge is 0.337 e. The molecule has 0 aliphatic rings. The van der Waals surface area contributed by atoms with E-state index in [1.54, 1.807) is 47.8 Å². The second kappa shape index (κ2) is 9.28. The van der Waals surface area contributed by atoms with Crippen molar-refractivity contribution in [1.82, 2.24) is 14.5 Å². The van der Waals surface area contributed by atoms with Crippen LogP contribution >= 0.6 is 22.9 Å². The average molecular weight is 455 g/mol. The third-order valence-corrected chi connectivity index (χ3v) is 6.00. The molecule has 0 spiro atoms. The molecule has 7 nitrogen and oxygen atoms in total. The number of carbonyl (C=O) groups is 2. The molecule has 0 unspecified atom stereocenters. The summed E-state index contributed by atoms with van der Waals surface area (Å²) in [7, 11) is 1.32. The summed E-state index contributed by atoms with van der Waals surface area (Å²) in [6.07, 6.45) is 6.08. The van der Waals surface area contributed by atoms with Crippen LogP contribution in [0.4, 0.5) is 5.13 Å². The molecule has 2 aromatic heterocycles. The highest BCUT2D eigenvalue weighted by molar-refractivity contribution is 7.22. The number of rotatable bonds is 7. The van der Waals surface area contributed by atoms with Gasteiger partial charge in [0.05, 0.1) is 29.2 Å². The molecule has 0 N–H and O–H groups in total. The van der Waals surface area contributed by atoms with E-state index in [0.717, 1.165) is 23.2 Å². The van der Waals surface area contributed by atoms with Crippen LogP contribution in [0.25, 0.3) is 10.2 Å². The van der Waals surface area contributed by atoms with E-state index in [4.69, 9.17) is 16.3 Å². The molecule has 0 fully saturated rings. The zero-order valence-corrected chi connectivity index (χ0v) is 18.3. The van der Waals surface area contributed by atoms with Gasteiger partial charge in [0.2, 0.25) is 0 Å². The van der Waals surface area contributed by atoms with Crippen molar-refractivity contribution >= 4 is 50.2 Å². The van der Waals surface area contributed by atoms with E-state index >= 15 is 0 Å². The predicted molar refractivity (Wildman–Crippen MR) is 121 cm³/mol. The molecule has 0 aliphatic carbocycles. The number of esters is 1. The van der Waals surface area contributed by atoms with E-state index in [9.17, 15) is 9.59 Å². The van der Waals surface area contributed by atoms with Gasteiger partial charge in [-0.2, -0.15) is 0 Å². The Bertz CT molecular complexity index is 1210. The first-order chi connectivity index (χ1) is 15.0. The molecule has 158 valence electrons. The zero-order valence-electron chi connectivity index (χ0n) is 16.7. The molecule has 0 radical (unpaired) electrons. The number of methoxy groups -OCH3 is 1. The van der Waals surface area contributed by atoms with Crippen molar-refractivity contribution in [1.29, 1.82) is 0 Å². The average Bonchev–Trinajstić information content (AvgIpc) is 3.45. The lowest BCUT2D eigenvalue weighted by molar-refractivity contribution is 0.0600. The fourth-order valence-electron chi connectivity index (χ4n) is 3.14. The number of aromatic nitrogens is 3. The number of imidazole rings is 1. The number of benzene rings is 2. The maximum Gasteiger partial charge on any atom is 0.337 e. The van der Waals surface area contributed by atoms with Crippen molar-refractivity contribution < 1.29 is 14.3 Å². The Morgan fingerprint density at radius 1 is 1.16 bits per heavy atom. The number of thiazole rings is 1. The largest absolute Gasteiger partial charge is 0.465 e. The van der Waals surface area contributed by atoms with Crippen molar-refractivity contribution in [2.45, 2.75) is 13.0 Å². The summed E-state index contributed by atoms with van der Waals surface area (Å²) in [4.78, 5) is 35.4. The highest BCUT2D eigenvalue weighted by Crippen LogP contribution is 2.31. The normalized spacial score (nSPS) is 10.9. The summed E-state index contributed by atoms with van der Waals surface area (Å²) in [5.74, 6) is -0.633. The number of hydrogen-bond acceptors (Lipinski definition) is 6. The molecular weight excluding hydrogens is 436 g/mol. The minimum absolute atomic E-state index is 0.188. The lowest BCUT2D eigenvalue weighted by atomic mass is 10.1. The maximum atomic E-state index is 13.4. The van der Waals surface area contributed by atoms with E-state index < -0.39 is 5.97 Å². The van der Waals surface area contributed by atoms with Gasteiger partial charge in [0.1, 0.15) is 0 Å². The summed E-state index contributed by atoms with van der Waals surface area (Å²) in [6.45, 7) is 1.20. The number of hydrogen-bond donors (Lipinski definition) is 0. The summed E-state index contributed by atoms with van der Waals surface area (Å²) < 4.78 is 7.60. The van der Waals surface area contributed by atoms with Crippen molar-refractivity contribution in [3.63, 3.8) is 0 Å². The Balaban J connectivity index is 1.61. The van der Waals surface area contributed by atoms with E-state index in [2.05, 4.69) is 9.97 Å². The van der Waals surface area contributed by atoms with Gasteiger partial charge in [-0.3, -0.25) is 9.69 Å². The van der Waals surface area contributed by atoms with Crippen LogP contribution in [0.3, 0.4) is 0 Å². The van der Waals surface area contributed by atoms with Crippen LogP contribution in [-0.4, -0.2) is 40.1 Å². The van der Waals surface area contributed by atoms with Gasteiger partial charge in [-0.25, -0.2) is 14.8 Å². The molecule has 2 aromatic carbocycles. The van der Waals surface area contributed by atoms with Gasteiger partial charge in [0, 0.05) is 36.1 Å². The van der Waals surface area contributed by atoms with Crippen LogP contribution in [-0.2, 0) is 11.3 Å². The third-order valence-electron chi connectivity index (χ3n) is 4.73. The van der Waals surface area contributed by atoms with E-state index in [0.29, 0.717) is 27.8 Å². The van der Waals surface area contributed by atoms with E-state index in [1.165, 1.54) is 18.4 Å². The number of ether oxygens (including phenoxy) is 1. The Morgan fingerprint density at radius 2 is 1.94 bits per heavy atom. The SMILES string of the molecule is COC(=O)c1ccc(C(=O)N(CCCn2ccnc2)c2nc3ccc(Cl)cc3s2)cc1. The minimum atomic E-state index is -0.445. The number of anilines is 1. The Morgan fingerprint density at radius 3 is 2.65 bits per heavy atom. The topological polar surface area (TPSA) is 77.3 Å². The number of aryl methyl sites for hydroxylation is 1. The van der Waals surface area contributed by atoms with Crippen LogP contribution in [0.2, 0.25) is 5.02 Å². The van der Waals surface area contributed by atoms with Crippen LogP contribution in [0.1, 0.15) is 27.1 Å². The summed E-state index contributed by atoms with van der Waals surface area (Å²) in [5.41, 5.74) is 1.64. The monoisotopic (exact) mass is 454 g/mol. The van der Waals surface area contributed by atoms with Gasteiger partial charge in [-0.15, -0.1) is 0 Å². The molecule has 1 amide bonds. The van der Waals surface area contributed by atoms with Crippen molar-refractivity contribution in [2.24, 2.45) is 0 Å². The quantitative estimate of drug-likeness (QED) is 0.379. The molecule has 9 heteroatoms. The van der Waals surface area contributed by atoms with Crippen LogP contribution < -0.4 is 4.90 Å². The lowest BCUT2D eigenvalue weighted by Crippen LogP contribution is -2.32. The van der Waals surface area contributed by atoms with E-state index in [1.807, 2.05) is 22.9 Å². The first kappa shape index (κ1) is 21.0. The molecule has 0 bridgehead atoms. The zero-order chi connectivity index (χ0) is 21.8. The van der Waals surface area contributed by atoms with Crippen molar-refractivity contribution in [3.8, 4) is 0 Å². The Kier molecular flexibility index (Phi) is 6.29. The number of nitrogens with zero attached hydrogens (tertiary/aromatic N) is 4. The van der Waals surface area contributed by atoms with Crippen molar-refractivity contribution in [2.75, 3.05) is 18.6 Å². The minimum Gasteiger partial charge on any atom is -0.465 e. The molecule has 0 saturated heterocycles. The second-order valence-corrected chi connectivity index (χ2v) is 8.23. The number of fused-ring (bicyclic) bond motifs is 1. The van der Waals surface area contributed by atoms with E-state index in [-0.39, 0.29) is 5.91 Å². The van der Waals surface area contributed by atoms with Crippen LogP contribution in [0, 0.1) is 0 Å². The van der Waals surface area contributed by atoms with Gasteiger partial charge in [-0.1, -0.05) is 22.9 Å². The second-order valence-electron chi connectivity index (χ2n) is 6.79. The Hall–Kier alpha value is -3.23. The number of halogens is 1. The maximum absolute atomic E-state index is 13.4. The highest BCUT2D eigenvalue weighted by atomic mass is 35.5. The number of carbonyl (C=O) groups excluding carboxylic acids is 2. The predicted octanol–water partition coefficient (Wildman–Crippen LogP) is 4.67. The molecule has 4 aromatic rings. The molecule has 4 rings (SSSR count). The van der Waals surface area contributed by atoms with Crippen LogP contribution in [0.15, 0.2) is 61.2 Å². The number of amides is 1. The summed E-state index contributed by atoms with van der Waals surface area (Å²) in [6, 6.07) is 11.9. The van der Waals surface area contributed by atoms with Gasteiger partial charge in [0.25, 0.3) is 5.91 Å². The Labute approximate surface area is 187 Å². The van der Waals surface area contributed by atoms with Crippen LogP contribution in [0.5, 0.6) is 0 Å². The first-order valence-corrected chi connectivity index (χ1v) is 10.8. The highest BCUT2D eigenvalue weighted by Gasteiger charge is 2.21. The van der Waals surface area contributed by atoms with Gasteiger partial charge < -0.3 is 9.30 Å². The first-order valence-electron chi connectivity index (χ1n) is 9.57. The van der Waals surface area contributed by atoms with Crippen molar-refractivity contribution in [3.05, 3.63) is 77.3 Å². The van der Waals surface area contributed by atoms with Gasteiger partial charge in [0.15, 0.2) is 5.13 Å². The molecule has 0 atom stereocenters. The molecule has 2 heterocycles. The fourth-order valence-corrected chi connectivity index (χ4v) is 4.40. The molecule has 0 aliphatic heterocycles. The standard InChI is InChI=1S/C22H19ClN4O3S/c1-30-21(29)16-5-3-15(4-6-16)20(28)27(11-2-10-26-12-9-24-14-26)22-25-18-8-7-17(23)13-19(18)31-22/h3-9,12-14H,2,10-11H2,1H3. The summed E-state index contributed by atoms with van der Waals surface area (Å²) >= 11 is 7.53. The third kappa shape index (κ3) is 4.76. The molecular formula is C22H19ClN4O3S. The summed E-state index contributed by atoms with van der Waals surface area (Å²) in [5, 5.41) is 1.23. The van der Waals surface area contributed by atoms with Gasteiger partial charge in [-0.05, 0) is 48.9 Å². The molecule has 0 saturated carbocycles.